The van der Waals surface area contributed by atoms with Crippen LogP contribution in [0.3, 0.4) is 0 Å². The molecule has 1 aromatic rings. The second-order valence-electron chi connectivity index (χ2n) is 6.81. The first-order valence-corrected chi connectivity index (χ1v) is 8.30. The number of rotatable bonds is 6. The maximum absolute atomic E-state index is 13.6. The van der Waals surface area contributed by atoms with Crippen LogP contribution in [0.4, 0.5) is 10.1 Å². The van der Waals surface area contributed by atoms with Gasteiger partial charge in [0.05, 0.1) is 0 Å². The predicted molar refractivity (Wildman–Crippen MR) is 88.1 cm³/mol. The summed E-state index contributed by atoms with van der Waals surface area (Å²) in [4.78, 5) is 2.49. The Morgan fingerprint density at radius 2 is 1.90 bits per heavy atom. The Bertz CT molecular complexity index is 451. The molecular formula is C18H29FN2. The minimum atomic E-state index is -0.193. The number of nitrogens with zero attached hydrogens (tertiary/aromatic N) is 1. The van der Waals surface area contributed by atoms with E-state index in [4.69, 9.17) is 5.73 Å². The summed E-state index contributed by atoms with van der Waals surface area (Å²) in [6, 6.07) is 5.55. The van der Waals surface area contributed by atoms with Gasteiger partial charge in [0.1, 0.15) is 5.82 Å². The summed E-state index contributed by atoms with van der Waals surface area (Å²) in [5.74, 6) is 0.481. The maximum Gasteiger partial charge on any atom is 0.123 e. The Balaban J connectivity index is 2.30. The van der Waals surface area contributed by atoms with Crippen molar-refractivity contribution >= 4 is 5.69 Å². The lowest BCUT2D eigenvalue weighted by atomic mass is 10.0. The zero-order valence-electron chi connectivity index (χ0n) is 13.6. The lowest BCUT2D eigenvalue weighted by Crippen LogP contribution is -2.36. The molecule has 2 nitrogen and oxygen atoms in total. The molecule has 2 rings (SSSR count). The molecule has 1 atom stereocenters. The molecule has 0 bridgehead atoms. The largest absolute Gasteiger partial charge is 0.368 e. The van der Waals surface area contributed by atoms with Crippen LogP contribution < -0.4 is 10.6 Å². The van der Waals surface area contributed by atoms with Crippen molar-refractivity contribution in [3.05, 3.63) is 29.6 Å². The van der Waals surface area contributed by atoms with E-state index in [1.165, 1.54) is 25.7 Å². The molecule has 1 fully saturated rings. The highest BCUT2D eigenvalue weighted by molar-refractivity contribution is 5.56. The molecule has 1 aliphatic rings. The first-order valence-electron chi connectivity index (χ1n) is 8.30. The lowest BCUT2D eigenvalue weighted by Gasteiger charge is -2.34. The van der Waals surface area contributed by atoms with Crippen LogP contribution >= 0.6 is 0 Å². The minimum Gasteiger partial charge on any atom is -0.368 e. The quantitative estimate of drug-likeness (QED) is 0.827. The smallest absolute Gasteiger partial charge is 0.123 e. The molecule has 118 valence electrons. The second kappa shape index (κ2) is 7.26. The molecule has 0 radical (unpaired) electrons. The van der Waals surface area contributed by atoms with Crippen molar-refractivity contribution in [1.29, 1.82) is 0 Å². The summed E-state index contributed by atoms with van der Waals surface area (Å²) in [6.45, 7) is 7.48. The van der Waals surface area contributed by atoms with Gasteiger partial charge in [-0.1, -0.05) is 26.7 Å². The molecule has 3 heteroatoms. The van der Waals surface area contributed by atoms with Crippen LogP contribution in [-0.2, 0) is 0 Å². The van der Waals surface area contributed by atoms with E-state index >= 15 is 0 Å². The first-order chi connectivity index (χ1) is 9.99. The first kappa shape index (κ1) is 16.3. The van der Waals surface area contributed by atoms with E-state index in [1.54, 1.807) is 12.1 Å². The van der Waals surface area contributed by atoms with Gasteiger partial charge >= 0.3 is 0 Å². The Labute approximate surface area is 128 Å². The van der Waals surface area contributed by atoms with Gasteiger partial charge in [0.2, 0.25) is 0 Å². The van der Waals surface area contributed by atoms with Gasteiger partial charge in [0, 0.05) is 24.3 Å². The van der Waals surface area contributed by atoms with E-state index < -0.39 is 0 Å². The third kappa shape index (κ3) is 4.19. The molecular weight excluding hydrogens is 263 g/mol. The van der Waals surface area contributed by atoms with Gasteiger partial charge in [-0.3, -0.25) is 0 Å². The van der Waals surface area contributed by atoms with Crippen LogP contribution in [0.5, 0.6) is 0 Å². The Kier molecular flexibility index (Phi) is 5.63. The van der Waals surface area contributed by atoms with Crippen molar-refractivity contribution in [2.24, 2.45) is 11.7 Å². The molecule has 0 amide bonds. The van der Waals surface area contributed by atoms with Crippen molar-refractivity contribution in [2.45, 2.75) is 65.0 Å². The number of hydrogen-bond donors (Lipinski definition) is 1. The fourth-order valence-electron chi connectivity index (χ4n) is 3.26. The maximum atomic E-state index is 13.6. The molecule has 21 heavy (non-hydrogen) atoms. The molecule has 0 aliphatic heterocycles. The molecule has 0 unspecified atom stereocenters. The van der Waals surface area contributed by atoms with Crippen LogP contribution in [0.25, 0.3) is 0 Å². The average Bonchev–Trinajstić information content (AvgIpc) is 2.93. The summed E-state index contributed by atoms with van der Waals surface area (Å²) >= 11 is 0. The van der Waals surface area contributed by atoms with Crippen molar-refractivity contribution < 1.29 is 4.39 Å². The van der Waals surface area contributed by atoms with Gasteiger partial charge in [-0.15, -0.1) is 0 Å². The van der Waals surface area contributed by atoms with Gasteiger partial charge in [0.25, 0.3) is 0 Å². The van der Waals surface area contributed by atoms with Crippen LogP contribution in [0.1, 0.15) is 64.5 Å². The summed E-state index contributed by atoms with van der Waals surface area (Å²) in [6.07, 6.45) is 6.25. The highest BCUT2D eigenvalue weighted by Gasteiger charge is 2.25. The van der Waals surface area contributed by atoms with E-state index in [0.29, 0.717) is 12.0 Å². The zero-order chi connectivity index (χ0) is 15.4. The van der Waals surface area contributed by atoms with Gasteiger partial charge in [-0.05, 0) is 55.9 Å². The van der Waals surface area contributed by atoms with E-state index in [1.807, 2.05) is 13.0 Å². The van der Waals surface area contributed by atoms with Crippen molar-refractivity contribution in [3.8, 4) is 0 Å². The molecule has 0 spiro atoms. The van der Waals surface area contributed by atoms with E-state index in [0.717, 1.165) is 24.2 Å². The molecule has 0 aromatic heterocycles. The van der Waals surface area contributed by atoms with E-state index in [-0.39, 0.29) is 11.9 Å². The number of nitrogens with two attached hydrogens (primary N) is 1. The van der Waals surface area contributed by atoms with Crippen LogP contribution in [0.2, 0.25) is 0 Å². The normalized spacial score (nSPS) is 17.4. The second-order valence-corrected chi connectivity index (χ2v) is 6.81. The number of halogens is 1. The monoisotopic (exact) mass is 292 g/mol. The van der Waals surface area contributed by atoms with E-state index in [9.17, 15) is 4.39 Å². The standard InChI is InChI=1S/C18H29FN2/c1-13(2)10-11-21(16-6-4-5-7-16)18-9-8-15(19)12-17(18)14(3)20/h8-9,12-14,16H,4-7,10-11,20H2,1-3H3/t14-/m1/s1. The van der Waals surface area contributed by atoms with Crippen LogP contribution in [0.15, 0.2) is 18.2 Å². The fourth-order valence-corrected chi connectivity index (χ4v) is 3.26. The molecule has 0 saturated heterocycles. The predicted octanol–water partition coefficient (Wildman–Crippen LogP) is 4.64. The van der Waals surface area contributed by atoms with Crippen molar-refractivity contribution in [3.63, 3.8) is 0 Å². The number of hydrogen-bond acceptors (Lipinski definition) is 2. The lowest BCUT2D eigenvalue weighted by molar-refractivity contribution is 0.525. The highest BCUT2D eigenvalue weighted by Crippen LogP contribution is 2.33. The zero-order valence-corrected chi connectivity index (χ0v) is 13.6. The third-order valence-electron chi connectivity index (χ3n) is 4.50. The fraction of sp³-hybridized carbons (Fsp3) is 0.667. The van der Waals surface area contributed by atoms with Crippen LogP contribution in [-0.4, -0.2) is 12.6 Å². The topological polar surface area (TPSA) is 29.3 Å². The van der Waals surface area contributed by atoms with E-state index in [2.05, 4.69) is 18.7 Å². The minimum absolute atomic E-state index is 0.140. The van der Waals surface area contributed by atoms with Gasteiger partial charge in [0.15, 0.2) is 0 Å². The van der Waals surface area contributed by atoms with Gasteiger partial charge < -0.3 is 10.6 Å². The van der Waals surface area contributed by atoms with Gasteiger partial charge in [-0.2, -0.15) is 0 Å². The summed E-state index contributed by atoms with van der Waals surface area (Å²) in [5.41, 5.74) is 8.16. The SMILES string of the molecule is CC(C)CCN(c1ccc(F)cc1[C@@H](C)N)C1CCCC1. The molecule has 2 N–H and O–H groups in total. The third-order valence-corrected chi connectivity index (χ3v) is 4.50. The van der Waals surface area contributed by atoms with Crippen LogP contribution in [0, 0.1) is 11.7 Å². The molecule has 0 heterocycles. The Morgan fingerprint density at radius 1 is 1.24 bits per heavy atom. The average molecular weight is 292 g/mol. The number of anilines is 1. The van der Waals surface area contributed by atoms with Gasteiger partial charge in [-0.25, -0.2) is 4.39 Å². The number of benzene rings is 1. The Morgan fingerprint density at radius 3 is 2.48 bits per heavy atom. The van der Waals surface area contributed by atoms with Crippen molar-refractivity contribution in [1.82, 2.24) is 0 Å². The molecule has 1 saturated carbocycles. The summed E-state index contributed by atoms with van der Waals surface area (Å²) < 4.78 is 13.6. The van der Waals surface area contributed by atoms with Crippen molar-refractivity contribution in [2.75, 3.05) is 11.4 Å². The molecule has 1 aliphatic carbocycles. The highest BCUT2D eigenvalue weighted by atomic mass is 19.1. The summed E-state index contributed by atoms with van der Waals surface area (Å²) in [7, 11) is 0. The summed E-state index contributed by atoms with van der Waals surface area (Å²) in [5, 5.41) is 0. The Hall–Kier alpha value is -1.09. The molecule has 1 aromatic carbocycles.